The van der Waals surface area contributed by atoms with Crippen LogP contribution < -0.4 is 11.5 Å². The summed E-state index contributed by atoms with van der Waals surface area (Å²) >= 11 is 3.85. The van der Waals surface area contributed by atoms with Crippen molar-refractivity contribution in [3.8, 4) is 0 Å². The summed E-state index contributed by atoms with van der Waals surface area (Å²) in [7, 11) is 0. The maximum absolute atomic E-state index is 10.8. The Labute approximate surface area is 71.0 Å². The fourth-order valence-corrected chi connectivity index (χ4v) is 0.468. The number of nitrogens with two attached hydrogens (primary N) is 2. The fourth-order valence-electron chi connectivity index (χ4n) is 0.377. The minimum absolute atomic E-state index is 0.0354. The Morgan fingerprint density at radius 3 is 2.45 bits per heavy atom. The highest BCUT2D eigenvalue weighted by Crippen LogP contribution is 1.93. The van der Waals surface area contributed by atoms with Gasteiger partial charge < -0.3 is 16.2 Å². The molecule has 0 unspecified atom stereocenters. The standard InChI is InChI=1S/C6H12N2O2S/c1-4(7)5(8)6(9)10-2-3-11/h11H,2-3,7-8H2,1H3/b5-4+. The third kappa shape index (κ3) is 3.77. The van der Waals surface area contributed by atoms with Gasteiger partial charge in [0.05, 0.1) is 0 Å². The second-order valence-electron chi connectivity index (χ2n) is 1.96. The van der Waals surface area contributed by atoms with Gasteiger partial charge in [-0.25, -0.2) is 4.79 Å². The zero-order chi connectivity index (χ0) is 8.85. The van der Waals surface area contributed by atoms with Gasteiger partial charge in [-0.1, -0.05) is 0 Å². The van der Waals surface area contributed by atoms with Gasteiger partial charge in [-0.3, -0.25) is 0 Å². The highest BCUT2D eigenvalue weighted by molar-refractivity contribution is 7.80. The van der Waals surface area contributed by atoms with Crippen LogP contribution >= 0.6 is 12.6 Å². The normalized spacial score (nSPS) is 12.2. The Morgan fingerprint density at radius 1 is 1.55 bits per heavy atom. The summed E-state index contributed by atoms with van der Waals surface area (Å²) in [6, 6.07) is 0. The van der Waals surface area contributed by atoms with Gasteiger partial charge in [-0.15, -0.1) is 0 Å². The molecule has 0 aliphatic carbocycles. The molecule has 4 nitrogen and oxygen atoms in total. The van der Waals surface area contributed by atoms with Gasteiger partial charge >= 0.3 is 5.97 Å². The van der Waals surface area contributed by atoms with Crippen LogP contribution in [0.4, 0.5) is 0 Å². The number of esters is 1. The van der Waals surface area contributed by atoms with Crippen LogP contribution in [0.2, 0.25) is 0 Å². The summed E-state index contributed by atoms with van der Waals surface area (Å²) in [6.45, 7) is 1.78. The third-order valence-corrected chi connectivity index (χ3v) is 1.15. The van der Waals surface area contributed by atoms with Crippen LogP contribution in [0.3, 0.4) is 0 Å². The summed E-state index contributed by atoms with van der Waals surface area (Å²) in [5, 5.41) is 0. The van der Waals surface area contributed by atoms with E-state index in [0.29, 0.717) is 5.75 Å². The molecule has 0 spiro atoms. The molecule has 0 saturated carbocycles. The lowest BCUT2D eigenvalue weighted by atomic mass is 10.4. The van der Waals surface area contributed by atoms with Gasteiger partial charge in [0, 0.05) is 11.4 Å². The van der Waals surface area contributed by atoms with Crippen molar-refractivity contribution >= 4 is 18.6 Å². The Morgan fingerprint density at radius 2 is 2.09 bits per heavy atom. The molecule has 0 amide bonds. The zero-order valence-corrected chi connectivity index (χ0v) is 7.23. The smallest absolute Gasteiger partial charge is 0.356 e. The van der Waals surface area contributed by atoms with Gasteiger partial charge in [-0.2, -0.15) is 12.6 Å². The zero-order valence-electron chi connectivity index (χ0n) is 6.33. The van der Waals surface area contributed by atoms with Crippen molar-refractivity contribution in [2.75, 3.05) is 12.4 Å². The van der Waals surface area contributed by atoms with E-state index in [0.717, 1.165) is 0 Å². The number of ether oxygens (including phenoxy) is 1. The van der Waals surface area contributed by atoms with Crippen molar-refractivity contribution in [1.29, 1.82) is 0 Å². The van der Waals surface area contributed by atoms with Gasteiger partial charge in [0.2, 0.25) is 0 Å². The summed E-state index contributed by atoms with van der Waals surface area (Å²) in [6.07, 6.45) is 0. The average molecular weight is 176 g/mol. The van der Waals surface area contributed by atoms with E-state index in [1.165, 1.54) is 6.92 Å². The molecule has 0 aromatic carbocycles. The van der Waals surface area contributed by atoms with Gasteiger partial charge in [0.15, 0.2) is 0 Å². The predicted octanol–water partition coefficient (Wildman–Crippen LogP) is -0.392. The second-order valence-corrected chi connectivity index (χ2v) is 2.40. The van der Waals surface area contributed by atoms with Crippen molar-refractivity contribution in [3.63, 3.8) is 0 Å². The Hall–Kier alpha value is -0.840. The van der Waals surface area contributed by atoms with Gasteiger partial charge in [0.1, 0.15) is 12.3 Å². The van der Waals surface area contributed by atoms with E-state index in [1.54, 1.807) is 0 Å². The van der Waals surface area contributed by atoms with E-state index in [-0.39, 0.29) is 18.0 Å². The van der Waals surface area contributed by atoms with E-state index in [4.69, 9.17) is 11.5 Å². The maximum Gasteiger partial charge on any atom is 0.356 e. The number of carbonyl (C=O) groups excluding carboxylic acids is 1. The molecule has 0 radical (unpaired) electrons. The Bertz CT molecular complexity index is 175. The van der Waals surface area contributed by atoms with Crippen molar-refractivity contribution in [3.05, 3.63) is 11.4 Å². The van der Waals surface area contributed by atoms with Crippen LogP contribution in [-0.4, -0.2) is 18.3 Å². The summed E-state index contributed by atoms with van der Waals surface area (Å²) < 4.78 is 4.64. The number of allylic oxidation sites excluding steroid dienone is 1. The molecule has 0 aliphatic heterocycles. The van der Waals surface area contributed by atoms with Crippen molar-refractivity contribution in [2.24, 2.45) is 11.5 Å². The minimum atomic E-state index is -0.584. The third-order valence-electron chi connectivity index (χ3n) is 0.969. The molecule has 64 valence electrons. The molecule has 0 aromatic heterocycles. The fraction of sp³-hybridized carbons (Fsp3) is 0.500. The molecule has 0 atom stereocenters. The first kappa shape index (κ1) is 10.2. The highest BCUT2D eigenvalue weighted by Gasteiger charge is 2.07. The van der Waals surface area contributed by atoms with Crippen LogP contribution in [0.25, 0.3) is 0 Å². The molecule has 4 N–H and O–H groups in total. The van der Waals surface area contributed by atoms with Gasteiger partial charge in [0.25, 0.3) is 0 Å². The van der Waals surface area contributed by atoms with Crippen LogP contribution in [0.1, 0.15) is 6.92 Å². The number of thiol groups is 1. The highest BCUT2D eigenvalue weighted by atomic mass is 32.1. The van der Waals surface area contributed by atoms with Crippen molar-refractivity contribution in [2.45, 2.75) is 6.92 Å². The molecule has 11 heavy (non-hydrogen) atoms. The predicted molar refractivity (Wildman–Crippen MR) is 45.9 cm³/mol. The SMILES string of the molecule is C/C(N)=C(\N)C(=O)OCCS. The van der Waals surface area contributed by atoms with Gasteiger partial charge in [-0.05, 0) is 6.92 Å². The Kier molecular flexibility index (Phi) is 4.52. The maximum atomic E-state index is 10.8. The number of rotatable bonds is 3. The number of hydrogen-bond acceptors (Lipinski definition) is 5. The lowest BCUT2D eigenvalue weighted by Gasteiger charge is -2.03. The molecule has 0 bridgehead atoms. The van der Waals surface area contributed by atoms with Crippen LogP contribution in [0.5, 0.6) is 0 Å². The topological polar surface area (TPSA) is 78.3 Å². The molecule has 5 heteroatoms. The van der Waals surface area contributed by atoms with E-state index < -0.39 is 5.97 Å². The lowest BCUT2D eigenvalue weighted by molar-refractivity contribution is -0.138. The monoisotopic (exact) mass is 176 g/mol. The molecular weight excluding hydrogens is 164 g/mol. The van der Waals surface area contributed by atoms with Crippen LogP contribution in [-0.2, 0) is 9.53 Å². The van der Waals surface area contributed by atoms with Crippen LogP contribution in [0.15, 0.2) is 11.4 Å². The average Bonchev–Trinajstić information content (AvgIpc) is 1.98. The molecule has 0 aromatic rings. The quantitative estimate of drug-likeness (QED) is 0.311. The first-order chi connectivity index (χ1) is 5.09. The molecule has 0 heterocycles. The number of hydrogen-bond donors (Lipinski definition) is 3. The summed E-state index contributed by atoms with van der Waals surface area (Å²) in [5.41, 5.74) is 10.7. The Balaban J connectivity index is 3.95. The van der Waals surface area contributed by atoms with E-state index in [2.05, 4.69) is 17.4 Å². The summed E-state index contributed by atoms with van der Waals surface area (Å²) in [4.78, 5) is 10.8. The summed E-state index contributed by atoms with van der Waals surface area (Å²) in [5.74, 6) is -0.109. The van der Waals surface area contributed by atoms with Crippen LogP contribution in [0, 0.1) is 0 Å². The van der Waals surface area contributed by atoms with Crippen molar-refractivity contribution in [1.82, 2.24) is 0 Å². The molecule has 0 aliphatic rings. The minimum Gasteiger partial charge on any atom is -0.460 e. The van der Waals surface area contributed by atoms with Crippen molar-refractivity contribution < 1.29 is 9.53 Å². The molecule has 0 saturated heterocycles. The first-order valence-corrected chi connectivity index (χ1v) is 3.72. The van der Waals surface area contributed by atoms with E-state index in [1.807, 2.05) is 0 Å². The largest absolute Gasteiger partial charge is 0.460 e. The molecule has 0 fully saturated rings. The molecular formula is C6H12N2O2S. The van der Waals surface area contributed by atoms with E-state index in [9.17, 15) is 4.79 Å². The molecule has 0 rings (SSSR count). The first-order valence-electron chi connectivity index (χ1n) is 3.09. The van der Waals surface area contributed by atoms with E-state index >= 15 is 0 Å². The second kappa shape index (κ2) is 4.90. The lowest BCUT2D eigenvalue weighted by Crippen LogP contribution is -2.20. The number of carbonyl (C=O) groups is 1.